The van der Waals surface area contributed by atoms with Crippen LogP contribution in [0.25, 0.3) is 0 Å². The molecule has 1 unspecified atom stereocenters. The van der Waals surface area contributed by atoms with Crippen LogP contribution in [0.3, 0.4) is 0 Å². The summed E-state index contributed by atoms with van der Waals surface area (Å²) < 4.78 is 0. The van der Waals surface area contributed by atoms with Gasteiger partial charge in [-0.1, -0.05) is 108 Å². The van der Waals surface area contributed by atoms with Gasteiger partial charge in [-0.2, -0.15) is 0 Å². The van der Waals surface area contributed by atoms with E-state index in [1.165, 1.54) is 64.2 Å². The quantitative estimate of drug-likeness (QED) is 0.407. The fraction of sp³-hybridized carbons (Fsp3) is 0.714. The number of rotatable bonds is 13. The first-order valence-corrected chi connectivity index (χ1v) is 9.44. The van der Waals surface area contributed by atoms with E-state index in [0.717, 1.165) is 18.4 Å². The number of hydrogen-bond acceptors (Lipinski definition) is 1. The van der Waals surface area contributed by atoms with Gasteiger partial charge in [0.2, 0.25) is 0 Å². The van der Waals surface area contributed by atoms with Gasteiger partial charge in [0.25, 0.3) is 0 Å². The van der Waals surface area contributed by atoms with Gasteiger partial charge in [-0.3, -0.25) is 0 Å². The molecule has 0 saturated heterocycles. The van der Waals surface area contributed by atoms with Crippen molar-refractivity contribution in [2.45, 2.75) is 96.5 Å². The molecule has 1 atom stereocenters. The van der Waals surface area contributed by atoms with E-state index in [9.17, 15) is 5.11 Å². The Labute approximate surface area is 138 Å². The maximum atomic E-state index is 10.5. The molecule has 0 aliphatic carbocycles. The summed E-state index contributed by atoms with van der Waals surface area (Å²) in [7, 11) is 0. The SMILES string of the molecule is CCCCCCCCCCCCCC(C)(O)c1ccccc1. The highest BCUT2D eigenvalue weighted by Gasteiger charge is 2.21. The van der Waals surface area contributed by atoms with Crippen molar-refractivity contribution >= 4 is 0 Å². The van der Waals surface area contributed by atoms with Gasteiger partial charge in [0.15, 0.2) is 0 Å². The molecule has 0 heterocycles. The third-order valence-corrected chi connectivity index (χ3v) is 4.66. The van der Waals surface area contributed by atoms with Crippen LogP contribution in [0.4, 0.5) is 0 Å². The van der Waals surface area contributed by atoms with Gasteiger partial charge in [0, 0.05) is 0 Å². The van der Waals surface area contributed by atoms with Crippen molar-refractivity contribution in [1.29, 1.82) is 0 Å². The van der Waals surface area contributed by atoms with Crippen LogP contribution in [0, 0.1) is 0 Å². The minimum atomic E-state index is -0.666. The predicted molar refractivity (Wildman–Crippen MR) is 97.1 cm³/mol. The Morgan fingerprint density at radius 3 is 1.68 bits per heavy atom. The zero-order valence-corrected chi connectivity index (χ0v) is 14.8. The molecule has 0 aliphatic heterocycles. The monoisotopic (exact) mass is 304 g/mol. The van der Waals surface area contributed by atoms with Gasteiger partial charge >= 0.3 is 0 Å². The molecule has 1 nitrogen and oxygen atoms in total. The first-order valence-electron chi connectivity index (χ1n) is 9.44. The third-order valence-electron chi connectivity index (χ3n) is 4.66. The molecule has 0 aromatic heterocycles. The van der Waals surface area contributed by atoms with Gasteiger partial charge in [-0.15, -0.1) is 0 Å². The average Bonchev–Trinajstić information content (AvgIpc) is 2.53. The first-order chi connectivity index (χ1) is 10.7. The van der Waals surface area contributed by atoms with E-state index in [0.29, 0.717) is 0 Å². The molecule has 1 aromatic carbocycles. The molecule has 1 heteroatoms. The average molecular weight is 305 g/mol. The van der Waals surface area contributed by atoms with Gasteiger partial charge in [0.05, 0.1) is 5.60 Å². The molecule has 0 bridgehead atoms. The molecular formula is C21H36O. The fourth-order valence-electron chi connectivity index (χ4n) is 3.07. The lowest BCUT2D eigenvalue weighted by atomic mass is 9.90. The van der Waals surface area contributed by atoms with Gasteiger partial charge in [-0.05, 0) is 18.9 Å². The number of hydrogen-bond donors (Lipinski definition) is 1. The molecular weight excluding hydrogens is 268 g/mol. The van der Waals surface area contributed by atoms with E-state index < -0.39 is 5.60 Å². The normalized spacial score (nSPS) is 14.0. The van der Waals surface area contributed by atoms with Crippen molar-refractivity contribution in [3.63, 3.8) is 0 Å². The molecule has 0 fully saturated rings. The molecule has 1 N–H and O–H groups in total. The standard InChI is InChI=1S/C21H36O/c1-3-4-5-6-7-8-9-10-11-12-16-19-21(2,22)20-17-14-13-15-18-20/h13-15,17-18,22H,3-12,16,19H2,1-2H3. The van der Waals surface area contributed by atoms with E-state index in [1.54, 1.807) is 0 Å². The van der Waals surface area contributed by atoms with Gasteiger partial charge < -0.3 is 5.11 Å². The van der Waals surface area contributed by atoms with E-state index in [2.05, 4.69) is 6.92 Å². The summed E-state index contributed by atoms with van der Waals surface area (Å²) in [6.45, 7) is 4.22. The highest BCUT2D eigenvalue weighted by atomic mass is 16.3. The summed E-state index contributed by atoms with van der Waals surface area (Å²) in [5.74, 6) is 0. The zero-order chi connectivity index (χ0) is 16.1. The Hall–Kier alpha value is -0.820. The molecule has 0 aliphatic rings. The topological polar surface area (TPSA) is 20.2 Å². The van der Waals surface area contributed by atoms with Crippen LogP contribution in [0.2, 0.25) is 0 Å². The molecule has 0 radical (unpaired) electrons. The molecule has 1 aromatic rings. The van der Waals surface area contributed by atoms with E-state index >= 15 is 0 Å². The Bertz CT molecular complexity index is 355. The molecule has 126 valence electrons. The summed E-state index contributed by atoms with van der Waals surface area (Å²) in [5, 5.41) is 10.5. The Morgan fingerprint density at radius 2 is 1.18 bits per heavy atom. The van der Waals surface area contributed by atoms with Gasteiger partial charge in [0.1, 0.15) is 0 Å². The summed E-state index contributed by atoms with van der Waals surface area (Å²) >= 11 is 0. The molecule has 0 saturated carbocycles. The Morgan fingerprint density at radius 1 is 0.727 bits per heavy atom. The van der Waals surface area contributed by atoms with E-state index in [1.807, 2.05) is 37.3 Å². The zero-order valence-electron chi connectivity index (χ0n) is 14.8. The second-order valence-electron chi connectivity index (χ2n) is 6.93. The van der Waals surface area contributed by atoms with Crippen LogP contribution in [0.5, 0.6) is 0 Å². The smallest absolute Gasteiger partial charge is 0.0868 e. The highest BCUT2D eigenvalue weighted by Crippen LogP contribution is 2.26. The maximum Gasteiger partial charge on any atom is 0.0868 e. The predicted octanol–water partition coefficient (Wildman–Crippen LogP) is 6.60. The summed E-state index contributed by atoms with van der Waals surface area (Å²) in [4.78, 5) is 0. The highest BCUT2D eigenvalue weighted by molar-refractivity contribution is 5.21. The number of unbranched alkanes of at least 4 members (excludes halogenated alkanes) is 10. The van der Waals surface area contributed by atoms with Gasteiger partial charge in [-0.25, -0.2) is 0 Å². The fourth-order valence-corrected chi connectivity index (χ4v) is 3.07. The van der Waals surface area contributed by atoms with Crippen molar-refractivity contribution < 1.29 is 5.11 Å². The van der Waals surface area contributed by atoms with Crippen LogP contribution >= 0.6 is 0 Å². The largest absolute Gasteiger partial charge is 0.385 e. The minimum Gasteiger partial charge on any atom is -0.385 e. The lowest BCUT2D eigenvalue weighted by Crippen LogP contribution is -2.20. The molecule has 0 amide bonds. The van der Waals surface area contributed by atoms with E-state index in [-0.39, 0.29) is 0 Å². The van der Waals surface area contributed by atoms with Crippen LogP contribution in [0.15, 0.2) is 30.3 Å². The second-order valence-corrected chi connectivity index (χ2v) is 6.93. The maximum absolute atomic E-state index is 10.5. The van der Waals surface area contributed by atoms with Crippen molar-refractivity contribution in [3.05, 3.63) is 35.9 Å². The number of aliphatic hydroxyl groups is 1. The minimum absolute atomic E-state index is 0.666. The van der Waals surface area contributed by atoms with Crippen LogP contribution in [-0.4, -0.2) is 5.11 Å². The summed E-state index contributed by atoms with van der Waals surface area (Å²) in [6.07, 6.45) is 15.7. The van der Waals surface area contributed by atoms with E-state index in [4.69, 9.17) is 0 Å². The van der Waals surface area contributed by atoms with Crippen molar-refractivity contribution in [1.82, 2.24) is 0 Å². The molecule has 0 spiro atoms. The van der Waals surface area contributed by atoms with Crippen molar-refractivity contribution in [2.75, 3.05) is 0 Å². The Kier molecular flexibility index (Phi) is 10.2. The van der Waals surface area contributed by atoms with Crippen LogP contribution in [-0.2, 0) is 5.60 Å². The summed E-state index contributed by atoms with van der Waals surface area (Å²) in [6, 6.07) is 10.1. The third kappa shape index (κ3) is 8.58. The number of benzene rings is 1. The summed E-state index contributed by atoms with van der Waals surface area (Å²) in [5.41, 5.74) is 0.377. The van der Waals surface area contributed by atoms with Crippen LogP contribution in [0.1, 0.15) is 96.5 Å². The lowest BCUT2D eigenvalue weighted by Gasteiger charge is -2.23. The van der Waals surface area contributed by atoms with Crippen LogP contribution < -0.4 is 0 Å². The first kappa shape index (κ1) is 19.2. The molecule has 1 rings (SSSR count). The Balaban J connectivity index is 1.97. The molecule has 22 heavy (non-hydrogen) atoms. The van der Waals surface area contributed by atoms with Crippen molar-refractivity contribution in [2.24, 2.45) is 0 Å². The lowest BCUT2D eigenvalue weighted by molar-refractivity contribution is 0.0448. The second kappa shape index (κ2) is 11.7. The van der Waals surface area contributed by atoms with Crippen molar-refractivity contribution in [3.8, 4) is 0 Å².